The summed E-state index contributed by atoms with van der Waals surface area (Å²) in [6, 6.07) is 0. The molecule has 168 valence electrons. The molecule has 2 aliphatic heterocycles. The van der Waals surface area contributed by atoms with Gasteiger partial charge in [0, 0.05) is 7.11 Å². The first-order valence-electron chi connectivity index (χ1n) is 10.8. The maximum absolute atomic E-state index is 11.3. The van der Waals surface area contributed by atoms with Crippen LogP contribution in [0.2, 0.25) is 0 Å². The highest BCUT2D eigenvalue weighted by atomic mass is 16.8. The van der Waals surface area contributed by atoms with Crippen LogP contribution in [0.1, 0.15) is 47.5 Å². The van der Waals surface area contributed by atoms with Crippen molar-refractivity contribution in [2.45, 2.75) is 83.5 Å². The summed E-state index contributed by atoms with van der Waals surface area (Å²) in [7, 11) is 1.59. The minimum Gasteiger partial charge on any atom is -0.390 e. The fourth-order valence-electron chi connectivity index (χ4n) is 5.22. The van der Waals surface area contributed by atoms with Gasteiger partial charge in [0.15, 0.2) is 12.1 Å². The Hall–Kier alpha value is -1.24. The topological polar surface area (TPSA) is 57.2 Å². The van der Waals surface area contributed by atoms with E-state index in [0.717, 1.165) is 12.0 Å². The van der Waals surface area contributed by atoms with Crippen molar-refractivity contribution in [2.75, 3.05) is 7.11 Å². The largest absolute Gasteiger partial charge is 0.390 e. The molecule has 2 fully saturated rings. The van der Waals surface area contributed by atoms with E-state index in [-0.39, 0.29) is 11.3 Å². The van der Waals surface area contributed by atoms with Gasteiger partial charge in [-0.2, -0.15) is 0 Å². The van der Waals surface area contributed by atoms with Crippen LogP contribution in [0.15, 0.2) is 49.1 Å². The molecule has 2 saturated heterocycles. The summed E-state index contributed by atoms with van der Waals surface area (Å²) >= 11 is 0. The number of ether oxygens (including phenoxy) is 4. The zero-order valence-electron chi connectivity index (χ0n) is 19.3. The molecule has 2 heterocycles. The maximum atomic E-state index is 11.3. The number of allylic oxidation sites excluding steroid dienone is 3. The lowest BCUT2D eigenvalue weighted by molar-refractivity contribution is -0.238. The van der Waals surface area contributed by atoms with Crippen LogP contribution in [-0.2, 0) is 18.9 Å². The molecule has 0 aromatic heterocycles. The monoisotopic (exact) mass is 418 g/mol. The number of rotatable bonds is 7. The van der Waals surface area contributed by atoms with Crippen molar-refractivity contribution in [3.63, 3.8) is 0 Å². The smallest absolute Gasteiger partial charge is 0.191 e. The van der Waals surface area contributed by atoms with Gasteiger partial charge in [-0.05, 0) is 50.9 Å². The summed E-state index contributed by atoms with van der Waals surface area (Å²) in [5.74, 6) is -0.210. The normalized spacial score (nSPS) is 40.4. The van der Waals surface area contributed by atoms with E-state index in [2.05, 4.69) is 46.6 Å². The first-order chi connectivity index (χ1) is 13.9. The molecule has 3 rings (SSSR count). The van der Waals surface area contributed by atoms with Crippen molar-refractivity contribution in [2.24, 2.45) is 17.3 Å². The first-order valence-corrected chi connectivity index (χ1v) is 10.8. The molecule has 1 aliphatic carbocycles. The van der Waals surface area contributed by atoms with Crippen LogP contribution in [0.25, 0.3) is 0 Å². The van der Waals surface area contributed by atoms with E-state index in [9.17, 15) is 5.11 Å². The Morgan fingerprint density at radius 1 is 1.30 bits per heavy atom. The van der Waals surface area contributed by atoms with Crippen molar-refractivity contribution in [3.05, 3.63) is 49.1 Å². The first kappa shape index (κ1) is 23.4. The van der Waals surface area contributed by atoms with E-state index in [4.69, 9.17) is 18.9 Å². The summed E-state index contributed by atoms with van der Waals surface area (Å²) in [5.41, 5.74) is 1.18. The average molecular weight is 419 g/mol. The minimum atomic E-state index is -0.997. The Morgan fingerprint density at radius 2 is 1.97 bits per heavy atom. The third-order valence-electron chi connectivity index (χ3n) is 7.26. The number of fused-ring (bicyclic) bond motifs is 1. The Balaban J connectivity index is 1.89. The van der Waals surface area contributed by atoms with Gasteiger partial charge in [0.1, 0.15) is 17.8 Å². The molecule has 0 radical (unpaired) electrons. The van der Waals surface area contributed by atoms with Crippen molar-refractivity contribution >= 4 is 0 Å². The molecule has 0 amide bonds. The highest BCUT2D eigenvalue weighted by Gasteiger charge is 2.64. The Bertz CT molecular complexity index is 736. The summed E-state index contributed by atoms with van der Waals surface area (Å²) in [6.45, 7) is 22.3. The van der Waals surface area contributed by atoms with Gasteiger partial charge in [-0.1, -0.05) is 49.8 Å². The summed E-state index contributed by atoms with van der Waals surface area (Å²) < 4.78 is 24.0. The summed E-state index contributed by atoms with van der Waals surface area (Å²) in [4.78, 5) is 0. The van der Waals surface area contributed by atoms with Crippen LogP contribution in [0.5, 0.6) is 0 Å². The fraction of sp³-hybridized carbons (Fsp3) is 0.680. The predicted molar refractivity (Wildman–Crippen MR) is 118 cm³/mol. The van der Waals surface area contributed by atoms with Gasteiger partial charge >= 0.3 is 0 Å². The molecule has 3 aliphatic rings. The highest BCUT2D eigenvalue weighted by Crippen LogP contribution is 2.50. The minimum absolute atomic E-state index is 0.123. The van der Waals surface area contributed by atoms with E-state index in [0.29, 0.717) is 12.3 Å². The number of aliphatic hydroxyl groups is 1. The second kappa shape index (κ2) is 8.03. The lowest BCUT2D eigenvalue weighted by Gasteiger charge is -2.43. The molecule has 0 aromatic rings. The Labute approximate surface area is 181 Å². The van der Waals surface area contributed by atoms with Crippen LogP contribution in [0, 0.1) is 17.3 Å². The van der Waals surface area contributed by atoms with E-state index < -0.39 is 36.0 Å². The molecule has 0 unspecified atom stereocenters. The Morgan fingerprint density at radius 3 is 2.50 bits per heavy atom. The van der Waals surface area contributed by atoms with Gasteiger partial charge in [-0.15, -0.1) is 13.2 Å². The highest BCUT2D eigenvalue weighted by molar-refractivity contribution is 5.28. The molecule has 5 heteroatoms. The molecule has 30 heavy (non-hydrogen) atoms. The van der Waals surface area contributed by atoms with Crippen LogP contribution in [0.4, 0.5) is 0 Å². The van der Waals surface area contributed by atoms with E-state index in [1.807, 2.05) is 19.9 Å². The summed E-state index contributed by atoms with van der Waals surface area (Å²) in [5, 5.41) is 11.3. The maximum Gasteiger partial charge on any atom is 0.191 e. The lowest BCUT2D eigenvalue weighted by atomic mass is 9.62. The SMILES string of the molecule is C=C[C@H]1C[C@H](C(=C)C)C=C(C[C@H](O)[C@H]2O[C@@H]3OC(C)(C)O[C@@H]3[C@]2(C=C)OC)C1(C)C. The molecular weight excluding hydrogens is 380 g/mol. The Kier molecular flexibility index (Phi) is 6.27. The van der Waals surface area contributed by atoms with Crippen molar-refractivity contribution in [1.29, 1.82) is 0 Å². The predicted octanol–water partition coefficient (Wildman–Crippen LogP) is 4.54. The van der Waals surface area contributed by atoms with Gasteiger partial charge < -0.3 is 24.1 Å². The molecule has 0 spiro atoms. The van der Waals surface area contributed by atoms with Crippen molar-refractivity contribution < 1.29 is 24.1 Å². The molecule has 0 saturated carbocycles. The molecule has 5 nitrogen and oxygen atoms in total. The standard InChI is InChI=1S/C25H38O5/c1-10-17-12-16(15(3)4)13-18(23(17,5)6)14-19(26)20-25(11-2,27-9)21-22(28-20)30-24(7,8)29-21/h10-11,13,16-17,19-22,26H,1-3,12,14H2,4-9H3/t16-,17-,19-,20+,21-,22+,25+/m0/s1. The number of hydrogen-bond acceptors (Lipinski definition) is 5. The van der Waals surface area contributed by atoms with Gasteiger partial charge in [0.05, 0.1) is 6.10 Å². The quantitative estimate of drug-likeness (QED) is 0.616. The van der Waals surface area contributed by atoms with Crippen molar-refractivity contribution in [3.8, 4) is 0 Å². The third-order valence-corrected chi connectivity index (χ3v) is 7.26. The molecular formula is C25H38O5. The number of hydrogen-bond donors (Lipinski definition) is 1. The fourth-order valence-corrected chi connectivity index (χ4v) is 5.22. The van der Waals surface area contributed by atoms with E-state index in [1.165, 1.54) is 5.57 Å². The average Bonchev–Trinajstić information content (AvgIpc) is 3.12. The van der Waals surface area contributed by atoms with E-state index in [1.54, 1.807) is 13.2 Å². The number of aliphatic hydroxyl groups excluding tert-OH is 1. The van der Waals surface area contributed by atoms with Crippen LogP contribution in [-0.4, -0.2) is 48.2 Å². The lowest BCUT2D eigenvalue weighted by Crippen LogP contribution is -2.53. The van der Waals surface area contributed by atoms with Gasteiger partial charge in [-0.3, -0.25) is 0 Å². The second-order valence-electron chi connectivity index (χ2n) is 9.96. The van der Waals surface area contributed by atoms with Crippen LogP contribution in [0.3, 0.4) is 0 Å². The van der Waals surface area contributed by atoms with Crippen LogP contribution < -0.4 is 0 Å². The third kappa shape index (κ3) is 3.76. The zero-order chi connectivity index (χ0) is 22.5. The second-order valence-corrected chi connectivity index (χ2v) is 9.96. The molecule has 1 N–H and O–H groups in total. The molecule has 0 bridgehead atoms. The summed E-state index contributed by atoms with van der Waals surface area (Å²) in [6.07, 6.45) is 4.83. The van der Waals surface area contributed by atoms with Gasteiger partial charge in [0.2, 0.25) is 0 Å². The van der Waals surface area contributed by atoms with Gasteiger partial charge in [-0.25, -0.2) is 0 Å². The molecule has 0 aromatic carbocycles. The van der Waals surface area contributed by atoms with E-state index >= 15 is 0 Å². The van der Waals surface area contributed by atoms with Crippen LogP contribution >= 0.6 is 0 Å². The molecule has 7 atom stereocenters. The van der Waals surface area contributed by atoms with Crippen molar-refractivity contribution in [1.82, 2.24) is 0 Å². The number of methoxy groups -OCH3 is 1. The van der Waals surface area contributed by atoms with Gasteiger partial charge in [0.25, 0.3) is 0 Å². The zero-order valence-corrected chi connectivity index (χ0v) is 19.3.